The summed E-state index contributed by atoms with van der Waals surface area (Å²) in [5.41, 5.74) is 0.292. The van der Waals surface area contributed by atoms with Crippen LogP contribution >= 0.6 is 0 Å². The average Bonchev–Trinajstić information content (AvgIpc) is 3.07. The zero-order valence-corrected chi connectivity index (χ0v) is 18.5. The molecule has 0 radical (unpaired) electrons. The number of hydrogen-bond acceptors (Lipinski definition) is 4. The van der Waals surface area contributed by atoms with Crippen molar-refractivity contribution in [2.24, 2.45) is 29.1 Å². The van der Waals surface area contributed by atoms with Crippen LogP contribution in [0.25, 0.3) is 0 Å². The molecular formula is C26H34O5. The maximum atomic E-state index is 12.6. The minimum absolute atomic E-state index is 0.0385. The van der Waals surface area contributed by atoms with Gasteiger partial charge in [-0.25, -0.2) is 0 Å². The fraction of sp³-hybridized carbons (Fsp3) is 0.731. The van der Waals surface area contributed by atoms with Gasteiger partial charge < -0.3 is 9.84 Å². The maximum Gasteiger partial charge on any atom is 0.307 e. The molecule has 4 aliphatic rings. The smallest absolute Gasteiger partial charge is 0.307 e. The van der Waals surface area contributed by atoms with Gasteiger partial charge in [-0.15, -0.1) is 6.42 Å². The summed E-state index contributed by atoms with van der Waals surface area (Å²) in [6.07, 6.45) is 16.7. The maximum absolute atomic E-state index is 12.6. The molecule has 0 aromatic carbocycles. The van der Waals surface area contributed by atoms with Crippen LogP contribution in [0.3, 0.4) is 0 Å². The Bertz CT molecular complexity index is 835. The van der Waals surface area contributed by atoms with Gasteiger partial charge in [0.1, 0.15) is 0 Å². The highest BCUT2D eigenvalue weighted by molar-refractivity contribution is 5.91. The molecule has 0 heterocycles. The molecule has 3 fully saturated rings. The number of hydrogen-bond donors (Lipinski definition) is 1. The zero-order valence-electron chi connectivity index (χ0n) is 18.5. The van der Waals surface area contributed by atoms with Crippen LogP contribution in [0.4, 0.5) is 0 Å². The van der Waals surface area contributed by atoms with Crippen LogP contribution in [0.2, 0.25) is 0 Å². The predicted molar refractivity (Wildman–Crippen MR) is 116 cm³/mol. The highest BCUT2D eigenvalue weighted by atomic mass is 16.6. The van der Waals surface area contributed by atoms with Crippen LogP contribution in [0.15, 0.2) is 11.6 Å². The number of aliphatic carboxylic acids is 1. The molecule has 31 heavy (non-hydrogen) atoms. The minimum Gasteiger partial charge on any atom is -0.481 e. The molecule has 0 aromatic rings. The van der Waals surface area contributed by atoms with Crippen molar-refractivity contribution in [1.29, 1.82) is 0 Å². The second-order valence-corrected chi connectivity index (χ2v) is 10.1. The molecule has 168 valence electrons. The molecule has 5 unspecified atom stereocenters. The molecule has 0 bridgehead atoms. The van der Waals surface area contributed by atoms with E-state index in [0.717, 1.165) is 44.9 Å². The van der Waals surface area contributed by atoms with Crippen LogP contribution in [-0.4, -0.2) is 28.4 Å². The monoisotopic (exact) mass is 426 g/mol. The normalized spacial score (nSPS) is 38.8. The van der Waals surface area contributed by atoms with Crippen molar-refractivity contribution in [1.82, 2.24) is 0 Å². The molecule has 0 aliphatic heterocycles. The Kier molecular flexibility index (Phi) is 6.03. The van der Waals surface area contributed by atoms with E-state index in [-0.39, 0.29) is 36.4 Å². The van der Waals surface area contributed by atoms with Gasteiger partial charge in [0.15, 0.2) is 11.4 Å². The van der Waals surface area contributed by atoms with Gasteiger partial charge in [0.2, 0.25) is 0 Å². The predicted octanol–water partition coefficient (Wildman–Crippen LogP) is 4.69. The molecule has 5 nitrogen and oxygen atoms in total. The Balaban J connectivity index is 1.55. The summed E-state index contributed by atoms with van der Waals surface area (Å²) in [5.74, 6) is 4.11. The first-order chi connectivity index (χ1) is 14.9. The van der Waals surface area contributed by atoms with Gasteiger partial charge in [-0.3, -0.25) is 14.4 Å². The molecule has 3 saturated carbocycles. The summed E-state index contributed by atoms with van der Waals surface area (Å²) in [7, 11) is 0. The fourth-order valence-electron chi connectivity index (χ4n) is 7.75. The Morgan fingerprint density at radius 2 is 1.97 bits per heavy atom. The van der Waals surface area contributed by atoms with E-state index in [4.69, 9.17) is 16.3 Å². The number of carboxylic acid groups (broad SMARTS) is 1. The van der Waals surface area contributed by atoms with Crippen molar-refractivity contribution in [3.63, 3.8) is 0 Å². The SMILES string of the molecule is C#C[C@]1(OC(=O)CCCC(=O)O)CCC2C3CCC4=CC(=O)CCC4C3CCC21CC. The molecule has 6 atom stereocenters. The van der Waals surface area contributed by atoms with E-state index in [0.29, 0.717) is 36.5 Å². The number of carboxylic acids is 1. The number of allylic oxidation sites excluding steroid dienone is 1. The van der Waals surface area contributed by atoms with Crippen molar-refractivity contribution >= 4 is 17.7 Å². The second kappa shape index (κ2) is 8.45. The minimum atomic E-state index is -0.904. The van der Waals surface area contributed by atoms with Gasteiger partial charge in [0, 0.05) is 24.7 Å². The number of ketones is 1. The first-order valence-corrected chi connectivity index (χ1v) is 12.0. The van der Waals surface area contributed by atoms with E-state index >= 15 is 0 Å². The summed E-state index contributed by atoms with van der Waals surface area (Å²) in [5, 5.41) is 8.84. The summed E-state index contributed by atoms with van der Waals surface area (Å²) in [4.78, 5) is 35.3. The number of ether oxygens (including phenoxy) is 1. The van der Waals surface area contributed by atoms with Gasteiger partial charge in [-0.05, 0) is 87.5 Å². The number of terminal acetylenes is 1. The van der Waals surface area contributed by atoms with Crippen molar-refractivity contribution in [2.75, 3.05) is 0 Å². The number of fused-ring (bicyclic) bond motifs is 5. The van der Waals surface area contributed by atoms with E-state index in [9.17, 15) is 14.4 Å². The van der Waals surface area contributed by atoms with Gasteiger partial charge >= 0.3 is 11.9 Å². The number of rotatable bonds is 6. The van der Waals surface area contributed by atoms with Gasteiger partial charge in [0.25, 0.3) is 0 Å². The van der Waals surface area contributed by atoms with Crippen LogP contribution in [0.1, 0.15) is 84.0 Å². The Labute approximate surface area is 185 Å². The third kappa shape index (κ3) is 3.62. The Morgan fingerprint density at radius 3 is 2.68 bits per heavy atom. The quantitative estimate of drug-likeness (QED) is 0.492. The lowest BCUT2D eigenvalue weighted by molar-refractivity contribution is -0.173. The van der Waals surface area contributed by atoms with Crippen molar-refractivity contribution < 1.29 is 24.2 Å². The Morgan fingerprint density at radius 1 is 1.16 bits per heavy atom. The summed E-state index contributed by atoms with van der Waals surface area (Å²) < 4.78 is 6.07. The van der Waals surface area contributed by atoms with E-state index in [1.807, 2.05) is 6.08 Å². The molecule has 0 amide bonds. The molecule has 0 saturated heterocycles. The van der Waals surface area contributed by atoms with E-state index in [2.05, 4.69) is 12.8 Å². The number of carbonyl (C=O) groups excluding carboxylic acids is 2. The highest BCUT2D eigenvalue weighted by Gasteiger charge is 2.65. The van der Waals surface area contributed by atoms with Crippen LogP contribution in [0, 0.1) is 41.4 Å². The van der Waals surface area contributed by atoms with Gasteiger partial charge in [0.05, 0.1) is 0 Å². The summed E-state index contributed by atoms with van der Waals surface area (Å²) in [6.45, 7) is 2.18. The lowest BCUT2D eigenvalue weighted by atomic mass is 9.49. The van der Waals surface area contributed by atoms with Crippen LogP contribution in [0.5, 0.6) is 0 Å². The number of esters is 1. The molecule has 1 N–H and O–H groups in total. The number of carbonyl (C=O) groups is 3. The average molecular weight is 427 g/mol. The Hall–Kier alpha value is -2.09. The molecule has 4 aliphatic carbocycles. The van der Waals surface area contributed by atoms with E-state index < -0.39 is 11.6 Å². The molecule has 0 aromatic heterocycles. The summed E-state index contributed by atoms with van der Waals surface area (Å²) >= 11 is 0. The summed E-state index contributed by atoms with van der Waals surface area (Å²) in [6, 6.07) is 0. The standard InChI is InChI=1S/C26H34O5/c1-3-25-14-12-20-19-11-9-18(27)16-17(19)8-10-21(20)22(25)13-15-26(25,4-2)31-24(30)7-5-6-23(28)29/h2,16,19-22H,3,5-15H2,1H3,(H,28,29)/t19?,20?,21?,22?,25?,26-/m0/s1. The van der Waals surface area contributed by atoms with Gasteiger partial charge in [-0.2, -0.15) is 0 Å². The van der Waals surface area contributed by atoms with E-state index in [1.165, 1.54) is 5.57 Å². The molecule has 0 spiro atoms. The van der Waals surface area contributed by atoms with Crippen molar-refractivity contribution in [3.8, 4) is 12.3 Å². The van der Waals surface area contributed by atoms with Gasteiger partial charge in [-0.1, -0.05) is 18.4 Å². The molecular weight excluding hydrogens is 392 g/mol. The van der Waals surface area contributed by atoms with Crippen LogP contribution in [-0.2, 0) is 19.1 Å². The second-order valence-electron chi connectivity index (χ2n) is 10.1. The first-order valence-electron chi connectivity index (χ1n) is 12.0. The van der Waals surface area contributed by atoms with E-state index in [1.54, 1.807) is 0 Å². The lowest BCUT2D eigenvalue weighted by Crippen LogP contribution is -2.55. The third-order valence-electron chi connectivity index (χ3n) is 9.04. The van der Waals surface area contributed by atoms with Crippen molar-refractivity contribution in [2.45, 2.75) is 89.6 Å². The first kappa shape index (κ1) is 22.1. The zero-order chi connectivity index (χ0) is 22.2. The molecule has 4 rings (SSSR count). The van der Waals surface area contributed by atoms with Crippen LogP contribution < -0.4 is 0 Å². The topological polar surface area (TPSA) is 80.7 Å². The largest absolute Gasteiger partial charge is 0.481 e. The van der Waals surface area contributed by atoms with Crippen molar-refractivity contribution in [3.05, 3.63) is 11.6 Å². The fourth-order valence-corrected chi connectivity index (χ4v) is 7.75. The lowest BCUT2D eigenvalue weighted by Gasteiger charge is -2.56. The molecule has 5 heteroatoms. The third-order valence-corrected chi connectivity index (χ3v) is 9.04. The highest BCUT2D eigenvalue weighted by Crippen LogP contribution is 2.67.